The van der Waals surface area contributed by atoms with Crippen molar-refractivity contribution in [2.75, 3.05) is 26.2 Å². The van der Waals surface area contributed by atoms with E-state index >= 15 is 0 Å². The van der Waals surface area contributed by atoms with E-state index < -0.39 is 0 Å². The van der Waals surface area contributed by atoms with Crippen molar-refractivity contribution in [2.45, 2.75) is 13.0 Å². The van der Waals surface area contributed by atoms with E-state index in [1.165, 1.54) is 0 Å². The normalized spacial score (nSPS) is 20.9. The van der Waals surface area contributed by atoms with Gasteiger partial charge in [0.25, 0.3) is 0 Å². The summed E-state index contributed by atoms with van der Waals surface area (Å²) in [5, 5.41) is 0. The zero-order valence-corrected chi connectivity index (χ0v) is 11.0. The smallest absolute Gasteiger partial charge is 0.210 e. The second-order valence-corrected chi connectivity index (χ2v) is 4.89. The third-order valence-electron chi connectivity index (χ3n) is 3.81. The van der Waals surface area contributed by atoms with Gasteiger partial charge in [0.15, 0.2) is 0 Å². The molecule has 1 saturated heterocycles. The molecule has 1 fully saturated rings. The van der Waals surface area contributed by atoms with Crippen molar-refractivity contribution in [3.05, 3.63) is 30.1 Å². The number of nitrogens with one attached hydrogen (secondary N) is 1. The SMILES string of the molecule is CCN1CCN(C=O)C(c2nc3ccccc3[nH]2)C1. The molecule has 1 aromatic carbocycles. The van der Waals surface area contributed by atoms with Gasteiger partial charge in [0.1, 0.15) is 11.9 Å². The molecule has 1 atom stereocenters. The summed E-state index contributed by atoms with van der Waals surface area (Å²) in [6.45, 7) is 5.69. The van der Waals surface area contributed by atoms with Crippen molar-refractivity contribution < 1.29 is 4.79 Å². The van der Waals surface area contributed by atoms with Crippen LogP contribution in [0.4, 0.5) is 0 Å². The quantitative estimate of drug-likeness (QED) is 0.847. The number of para-hydroxylation sites is 2. The molecule has 19 heavy (non-hydrogen) atoms. The van der Waals surface area contributed by atoms with Crippen molar-refractivity contribution in [2.24, 2.45) is 0 Å². The average Bonchev–Trinajstić information content (AvgIpc) is 2.90. The first-order valence-electron chi connectivity index (χ1n) is 6.70. The Bertz CT molecular complexity index is 547. The summed E-state index contributed by atoms with van der Waals surface area (Å²) in [7, 11) is 0. The first-order valence-corrected chi connectivity index (χ1v) is 6.70. The van der Waals surface area contributed by atoms with Crippen LogP contribution in [0.25, 0.3) is 11.0 Å². The molecule has 1 N–H and O–H groups in total. The van der Waals surface area contributed by atoms with Gasteiger partial charge in [0, 0.05) is 19.6 Å². The molecule has 3 rings (SSSR count). The Morgan fingerprint density at radius 3 is 3.00 bits per heavy atom. The van der Waals surface area contributed by atoms with Crippen molar-refractivity contribution in [3.8, 4) is 0 Å². The van der Waals surface area contributed by atoms with E-state index in [-0.39, 0.29) is 6.04 Å². The summed E-state index contributed by atoms with van der Waals surface area (Å²) in [6, 6.07) is 7.99. The van der Waals surface area contributed by atoms with Crippen molar-refractivity contribution in [1.82, 2.24) is 19.8 Å². The second-order valence-electron chi connectivity index (χ2n) is 4.89. The fourth-order valence-corrected chi connectivity index (χ4v) is 2.64. The van der Waals surface area contributed by atoms with Crippen molar-refractivity contribution in [3.63, 3.8) is 0 Å². The molecule has 0 saturated carbocycles. The molecule has 0 aliphatic carbocycles. The Labute approximate surface area is 112 Å². The number of aromatic amines is 1. The number of rotatable bonds is 3. The summed E-state index contributed by atoms with van der Waals surface area (Å²) in [5.74, 6) is 0.881. The van der Waals surface area contributed by atoms with Crippen LogP contribution >= 0.6 is 0 Å². The van der Waals surface area contributed by atoms with Crippen molar-refractivity contribution >= 4 is 17.4 Å². The van der Waals surface area contributed by atoms with Gasteiger partial charge in [-0.15, -0.1) is 0 Å². The molecule has 0 bridgehead atoms. The largest absolute Gasteiger partial charge is 0.340 e. The van der Waals surface area contributed by atoms with Crippen LogP contribution in [0.5, 0.6) is 0 Å². The van der Waals surface area contributed by atoms with Crippen LogP contribution in [0.1, 0.15) is 18.8 Å². The van der Waals surface area contributed by atoms with E-state index in [4.69, 9.17) is 0 Å². The molecule has 2 aromatic rings. The number of hydrogen-bond donors (Lipinski definition) is 1. The van der Waals surface area contributed by atoms with E-state index in [1.54, 1.807) is 0 Å². The lowest BCUT2D eigenvalue weighted by atomic mass is 10.1. The van der Waals surface area contributed by atoms with Gasteiger partial charge in [-0.2, -0.15) is 0 Å². The van der Waals surface area contributed by atoms with E-state index in [2.05, 4.69) is 21.8 Å². The van der Waals surface area contributed by atoms with E-state index in [9.17, 15) is 4.79 Å². The highest BCUT2D eigenvalue weighted by Crippen LogP contribution is 2.24. The average molecular weight is 258 g/mol. The molecule has 1 aliphatic rings. The third-order valence-corrected chi connectivity index (χ3v) is 3.81. The van der Waals surface area contributed by atoms with Gasteiger partial charge in [-0.05, 0) is 18.7 Å². The standard InChI is InChI=1S/C14H18N4O/c1-2-17-7-8-18(10-19)13(9-17)14-15-11-5-3-4-6-12(11)16-14/h3-6,10,13H,2,7-9H2,1H3,(H,15,16). The van der Waals surface area contributed by atoms with Gasteiger partial charge in [0.2, 0.25) is 6.41 Å². The summed E-state index contributed by atoms with van der Waals surface area (Å²) in [5.41, 5.74) is 1.98. The van der Waals surface area contributed by atoms with Gasteiger partial charge in [0.05, 0.1) is 11.0 Å². The first-order chi connectivity index (χ1) is 9.31. The van der Waals surface area contributed by atoms with Crippen LogP contribution < -0.4 is 0 Å². The van der Waals surface area contributed by atoms with Crippen LogP contribution in [0, 0.1) is 0 Å². The number of carbonyl (C=O) groups is 1. The van der Waals surface area contributed by atoms with Crippen LogP contribution in [-0.4, -0.2) is 52.4 Å². The summed E-state index contributed by atoms with van der Waals surface area (Å²) in [4.78, 5) is 23.4. The van der Waals surface area contributed by atoms with Crippen molar-refractivity contribution in [1.29, 1.82) is 0 Å². The maximum absolute atomic E-state index is 11.2. The number of carbonyl (C=O) groups excluding carboxylic acids is 1. The zero-order chi connectivity index (χ0) is 13.2. The molecule has 1 amide bonds. The van der Waals surface area contributed by atoms with Crippen LogP contribution in [0.2, 0.25) is 0 Å². The number of piperazine rings is 1. The lowest BCUT2D eigenvalue weighted by Crippen LogP contribution is -2.47. The molecule has 5 nitrogen and oxygen atoms in total. The summed E-state index contributed by atoms with van der Waals surface area (Å²) in [6.07, 6.45) is 0.935. The fourth-order valence-electron chi connectivity index (χ4n) is 2.64. The van der Waals surface area contributed by atoms with Crippen LogP contribution in [0.15, 0.2) is 24.3 Å². The Morgan fingerprint density at radius 1 is 1.42 bits per heavy atom. The van der Waals surface area contributed by atoms with Crippen LogP contribution in [0.3, 0.4) is 0 Å². The molecule has 0 spiro atoms. The molecular weight excluding hydrogens is 240 g/mol. The Morgan fingerprint density at radius 2 is 2.26 bits per heavy atom. The zero-order valence-electron chi connectivity index (χ0n) is 11.0. The van der Waals surface area contributed by atoms with Gasteiger partial charge in [-0.25, -0.2) is 4.98 Å². The maximum atomic E-state index is 11.2. The number of nitrogens with zero attached hydrogens (tertiary/aromatic N) is 3. The predicted molar refractivity (Wildman–Crippen MR) is 73.7 cm³/mol. The minimum absolute atomic E-state index is 0.0265. The van der Waals surface area contributed by atoms with Gasteiger partial charge in [-0.1, -0.05) is 19.1 Å². The van der Waals surface area contributed by atoms with E-state index in [0.29, 0.717) is 0 Å². The summed E-state index contributed by atoms with van der Waals surface area (Å²) < 4.78 is 0. The Hall–Kier alpha value is -1.88. The number of likely N-dealkylation sites (N-methyl/N-ethyl adjacent to an activating group) is 1. The lowest BCUT2D eigenvalue weighted by Gasteiger charge is -2.38. The fraction of sp³-hybridized carbons (Fsp3) is 0.429. The number of H-pyrrole nitrogens is 1. The number of hydrogen-bond acceptors (Lipinski definition) is 3. The molecule has 5 heteroatoms. The number of fused-ring (bicyclic) bond motifs is 1. The Balaban J connectivity index is 1.94. The Kier molecular flexibility index (Phi) is 3.21. The highest BCUT2D eigenvalue weighted by atomic mass is 16.1. The number of aromatic nitrogens is 2. The molecule has 1 aliphatic heterocycles. The monoisotopic (exact) mass is 258 g/mol. The van der Waals surface area contributed by atoms with Gasteiger partial charge < -0.3 is 9.88 Å². The number of amides is 1. The number of benzene rings is 1. The molecule has 1 unspecified atom stereocenters. The van der Waals surface area contributed by atoms with Crippen LogP contribution in [-0.2, 0) is 4.79 Å². The van der Waals surface area contributed by atoms with Gasteiger partial charge in [-0.3, -0.25) is 9.69 Å². The third kappa shape index (κ3) is 2.21. The maximum Gasteiger partial charge on any atom is 0.210 e. The van der Waals surface area contributed by atoms with E-state index in [0.717, 1.165) is 49.4 Å². The minimum Gasteiger partial charge on any atom is -0.340 e. The predicted octanol–water partition coefficient (Wildman–Crippen LogP) is 1.40. The molecule has 2 heterocycles. The van der Waals surface area contributed by atoms with Gasteiger partial charge >= 0.3 is 0 Å². The first kappa shape index (κ1) is 12.2. The molecule has 0 radical (unpaired) electrons. The highest BCUT2D eigenvalue weighted by Gasteiger charge is 2.28. The molecule has 1 aromatic heterocycles. The topological polar surface area (TPSA) is 52.2 Å². The molecule has 100 valence electrons. The molecular formula is C14H18N4O. The lowest BCUT2D eigenvalue weighted by molar-refractivity contribution is -0.123. The summed E-state index contributed by atoms with van der Waals surface area (Å²) >= 11 is 0. The van der Waals surface area contributed by atoms with E-state index in [1.807, 2.05) is 29.2 Å². The minimum atomic E-state index is 0.0265. The second kappa shape index (κ2) is 5.01. The number of imidazole rings is 1. The highest BCUT2D eigenvalue weighted by molar-refractivity contribution is 5.74.